The lowest BCUT2D eigenvalue weighted by atomic mass is 10.2. The van der Waals surface area contributed by atoms with Crippen molar-refractivity contribution in [2.45, 2.75) is 6.92 Å². The Morgan fingerprint density at radius 1 is 1.10 bits per heavy atom. The molecule has 0 atom stereocenters. The number of carbonyl (C=O) groups excluding carboxylic acids is 1. The summed E-state index contributed by atoms with van der Waals surface area (Å²) in [5.41, 5.74) is 1.45. The summed E-state index contributed by atoms with van der Waals surface area (Å²) in [5.74, 6) is 1.69. The number of benzene rings is 2. The summed E-state index contributed by atoms with van der Waals surface area (Å²) in [6.07, 6.45) is 1.68. The largest absolute Gasteiger partial charge is 0.494 e. The lowest BCUT2D eigenvalue weighted by Crippen LogP contribution is -2.27. The van der Waals surface area contributed by atoms with Gasteiger partial charge in [0.2, 0.25) is 0 Å². The number of thioether (sulfide) groups is 1. The van der Waals surface area contributed by atoms with E-state index in [4.69, 9.17) is 44.6 Å². The van der Waals surface area contributed by atoms with Crippen molar-refractivity contribution in [1.82, 2.24) is 0 Å². The van der Waals surface area contributed by atoms with E-state index in [9.17, 15) is 4.79 Å². The highest BCUT2D eigenvalue weighted by Gasteiger charge is 2.33. The molecule has 152 valence electrons. The van der Waals surface area contributed by atoms with Crippen molar-refractivity contribution in [1.29, 1.82) is 0 Å². The number of anilines is 1. The molecule has 30 heavy (non-hydrogen) atoms. The van der Waals surface area contributed by atoms with Gasteiger partial charge in [-0.05, 0) is 61.5 Å². The van der Waals surface area contributed by atoms with E-state index >= 15 is 0 Å². The quantitative estimate of drug-likeness (QED) is 0.291. The number of rotatable bonds is 5. The molecule has 1 amide bonds. The van der Waals surface area contributed by atoms with Gasteiger partial charge in [0, 0.05) is 21.7 Å². The van der Waals surface area contributed by atoms with Gasteiger partial charge in [0.15, 0.2) is 4.32 Å². The van der Waals surface area contributed by atoms with Gasteiger partial charge in [-0.15, -0.1) is 0 Å². The monoisotopic (exact) mass is 475 g/mol. The molecule has 4 rings (SSSR count). The van der Waals surface area contributed by atoms with Crippen LogP contribution in [0.5, 0.6) is 5.75 Å². The Morgan fingerprint density at radius 3 is 2.47 bits per heavy atom. The highest BCUT2D eigenvalue weighted by molar-refractivity contribution is 8.27. The van der Waals surface area contributed by atoms with Gasteiger partial charge in [0.25, 0.3) is 5.91 Å². The molecule has 4 nitrogen and oxygen atoms in total. The van der Waals surface area contributed by atoms with Crippen LogP contribution in [0.25, 0.3) is 17.4 Å². The topological polar surface area (TPSA) is 42.7 Å². The number of nitrogens with zero attached hydrogens (tertiary/aromatic N) is 1. The summed E-state index contributed by atoms with van der Waals surface area (Å²) in [5, 5.41) is 1.04. The van der Waals surface area contributed by atoms with Gasteiger partial charge in [0.1, 0.15) is 17.3 Å². The van der Waals surface area contributed by atoms with Crippen LogP contribution in [0.2, 0.25) is 10.0 Å². The Labute approximate surface area is 193 Å². The average molecular weight is 476 g/mol. The number of halogens is 2. The van der Waals surface area contributed by atoms with Crippen LogP contribution in [0.4, 0.5) is 5.69 Å². The van der Waals surface area contributed by atoms with Crippen LogP contribution in [-0.4, -0.2) is 16.8 Å². The smallest absolute Gasteiger partial charge is 0.270 e. The fraction of sp³-hybridized carbons (Fsp3) is 0.0909. The van der Waals surface area contributed by atoms with Gasteiger partial charge in [-0.1, -0.05) is 47.2 Å². The first-order chi connectivity index (χ1) is 14.4. The van der Waals surface area contributed by atoms with Crippen molar-refractivity contribution in [3.63, 3.8) is 0 Å². The molecule has 0 radical (unpaired) electrons. The maximum atomic E-state index is 12.9. The number of carbonyl (C=O) groups is 1. The van der Waals surface area contributed by atoms with E-state index in [1.807, 2.05) is 31.2 Å². The Hall–Kier alpha value is -2.25. The van der Waals surface area contributed by atoms with Crippen LogP contribution in [-0.2, 0) is 4.79 Å². The van der Waals surface area contributed by atoms with E-state index < -0.39 is 0 Å². The fourth-order valence-electron chi connectivity index (χ4n) is 2.96. The number of furan rings is 1. The zero-order chi connectivity index (χ0) is 21.3. The van der Waals surface area contributed by atoms with E-state index in [1.54, 1.807) is 36.4 Å². The van der Waals surface area contributed by atoms with Gasteiger partial charge in [0.05, 0.1) is 17.2 Å². The SMILES string of the molecule is CCOc1ccc(N2C(=O)C(=Cc3ccc(-c4cc(Cl)cc(Cl)c4)o3)SC2=S)cc1. The third-order valence-corrected chi connectivity index (χ3v) is 5.99. The van der Waals surface area contributed by atoms with E-state index in [0.717, 1.165) is 11.3 Å². The van der Waals surface area contributed by atoms with Gasteiger partial charge in [-0.3, -0.25) is 9.69 Å². The lowest BCUT2D eigenvalue weighted by Gasteiger charge is -2.15. The zero-order valence-electron chi connectivity index (χ0n) is 15.7. The third-order valence-electron chi connectivity index (χ3n) is 4.25. The third kappa shape index (κ3) is 4.42. The number of hydrogen-bond donors (Lipinski definition) is 0. The Balaban J connectivity index is 1.57. The minimum atomic E-state index is -0.196. The van der Waals surface area contributed by atoms with Crippen molar-refractivity contribution < 1.29 is 13.9 Å². The molecule has 3 aromatic rings. The normalized spacial score (nSPS) is 15.3. The Morgan fingerprint density at radius 2 is 1.80 bits per heavy atom. The predicted molar refractivity (Wildman–Crippen MR) is 127 cm³/mol. The number of ether oxygens (including phenoxy) is 1. The second-order valence-electron chi connectivity index (χ2n) is 6.30. The summed E-state index contributed by atoms with van der Waals surface area (Å²) in [6, 6.07) is 16.0. The first kappa shape index (κ1) is 21.0. The summed E-state index contributed by atoms with van der Waals surface area (Å²) in [6.45, 7) is 2.50. The molecule has 0 saturated carbocycles. The molecule has 1 aromatic heterocycles. The summed E-state index contributed by atoms with van der Waals surface area (Å²) in [7, 11) is 0. The maximum absolute atomic E-state index is 12.9. The molecule has 1 aliphatic rings. The van der Waals surface area contributed by atoms with Crippen LogP contribution >= 0.6 is 47.2 Å². The van der Waals surface area contributed by atoms with E-state index in [1.165, 1.54) is 16.7 Å². The van der Waals surface area contributed by atoms with Gasteiger partial charge >= 0.3 is 0 Å². The van der Waals surface area contributed by atoms with Gasteiger partial charge in [-0.2, -0.15) is 0 Å². The molecule has 1 fully saturated rings. The molecule has 1 saturated heterocycles. The van der Waals surface area contributed by atoms with E-state index in [-0.39, 0.29) is 5.91 Å². The first-order valence-electron chi connectivity index (χ1n) is 9.01. The second kappa shape index (κ2) is 8.86. The maximum Gasteiger partial charge on any atom is 0.270 e. The Kier molecular flexibility index (Phi) is 6.20. The predicted octanol–water partition coefficient (Wildman–Crippen LogP) is 7.06. The van der Waals surface area contributed by atoms with Crippen LogP contribution in [0.15, 0.2) is 63.9 Å². The lowest BCUT2D eigenvalue weighted by molar-refractivity contribution is -0.113. The number of thiocarbonyl (C=S) groups is 1. The Bertz CT molecular complexity index is 1140. The first-order valence-corrected chi connectivity index (χ1v) is 11.0. The van der Waals surface area contributed by atoms with Crippen LogP contribution < -0.4 is 9.64 Å². The van der Waals surface area contributed by atoms with Crippen molar-refractivity contribution >= 4 is 69.2 Å². The molecule has 2 aromatic carbocycles. The molecular weight excluding hydrogens is 461 g/mol. The van der Waals surface area contributed by atoms with Gasteiger partial charge in [-0.25, -0.2) is 0 Å². The standard InChI is InChI=1S/C22H15Cl2NO3S2/c1-2-27-17-5-3-16(4-6-17)25-21(26)20(30-22(25)29)12-18-7-8-19(28-18)13-9-14(23)11-15(24)10-13/h3-12H,2H2,1H3. The summed E-state index contributed by atoms with van der Waals surface area (Å²) < 4.78 is 11.8. The molecule has 0 bridgehead atoms. The van der Waals surface area contributed by atoms with Crippen molar-refractivity contribution in [3.05, 3.63) is 75.3 Å². The van der Waals surface area contributed by atoms with Crippen LogP contribution in [0.1, 0.15) is 12.7 Å². The van der Waals surface area contributed by atoms with Crippen LogP contribution in [0, 0.1) is 0 Å². The highest BCUT2D eigenvalue weighted by Crippen LogP contribution is 2.37. The molecule has 1 aliphatic heterocycles. The minimum Gasteiger partial charge on any atom is -0.494 e. The molecular formula is C22H15Cl2NO3S2. The van der Waals surface area contributed by atoms with E-state index in [2.05, 4.69) is 0 Å². The number of hydrogen-bond acceptors (Lipinski definition) is 5. The summed E-state index contributed by atoms with van der Waals surface area (Å²) >= 11 is 18.8. The molecule has 0 aliphatic carbocycles. The van der Waals surface area contributed by atoms with Crippen molar-refractivity contribution in [2.75, 3.05) is 11.5 Å². The van der Waals surface area contributed by atoms with Crippen molar-refractivity contribution in [2.24, 2.45) is 0 Å². The number of amides is 1. The zero-order valence-corrected chi connectivity index (χ0v) is 18.9. The second-order valence-corrected chi connectivity index (χ2v) is 8.85. The average Bonchev–Trinajstić information content (AvgIpc) is 3.27. The van der Waals surface area contributed by atoms with Gasteiger partial charge < -0.3 is 9.15 Å². The molecule has 0 spiro atoms. The fourth-order valence-corrected chi connectivity index (χ4v) is 4.76. The summed E-state index contributed by atoms with van der Waals surface area (Å²) in [4.78, 5) is 14.9. The molecule has 0 unspecified atom stereocenters. The van der Waals surface area contributed by atoms with E-state index in [0.29, 0.717) is 43.1 Å². The minimum absolute atomic E-state index is 0.196. The molecule has 0 N–H and O–H groups in total. The highest BCUT2D eigenvalue weighted by atomic mass is 35.5. The van der Waals surface area contributed by atoms with Crippen molar-refractivity contribution in [3.8, 4) is 17.1 Å². The molecule has 2 heterocycles. The van der Waals surface area contributed by atoms with Crippen LogP contribution in [0.3, 0.4) is 0 Å². The molecule has 8 heteroatoms.